The first kappa shape index (κ1) is 19.3. The zero-order valence-electron chi connectivity index (χ0n) is 14.6. The molecule has 0 saturated carbocycles. The predicted octanol–water partition coefficient (Wildman–Crippen LogP) is 4.13. The molecule has 8 heteroatoms. The number of rotatable bonds is 6. The number of fused-ring (bicyclic) bond motifs is 1. The largest absolute Gasteiger partial charge is 0.455 e. The summed E-state index contributed by atoms with van der Waals surface area (Å²) < 4.78 is 5.02. The topological polar surface area (TPSA) is 98.5 Å². The number of halogens is 1. The molecule has 1 N–H and O–H groups in total. The molecule has 0 aliphatic rings. The van der Waals surface area contributed by atoms with Crippen molar-refractivity contribution in [2.75, 3.05) is 11.9 Å². The van der Waals surface area contributed by atoms with E-state index in [9.17, 15) is 19.7 Å². The van der Waals surface area contributed by atoms with E-state index >= 15 is 0 Å². The molecule has 3 aromatic carbocycles. The molecule has 0 aliphatic heterocycles. The van der Waals surface area contributed by atoms with Crippen LogP contribution < -0.4 is 5.32 Å². The third kappa shape index (κ3) is 4.63. The molecule has 142 valence electrons. The number of carbonyl (C=O) groups excluding carboxylic acids is 2. The van der Waals surface area contributed by atoms with Crippen LogP contribution >= 0.6 is 11.6 Å². The van der Waals surface area contributed by atoms with E-state index < -0.39 is 23.4 Å². The third-order valence-electron chi connectivity index (χ3n) is 4.01. The van der Waals surface area contributed by atoms with Gasteiger partial charge in [0.15, 0.2) is 6.61 Å². The van der Waals surface area contributed by atoms with Crippen LogP contribution in [0.15, 0.2) is 60.7 Å². The molecule has 0 bridgehead atoms. The highest BCUT2D eigenvalue weighted by molar-refractivity contribution is 6.32. The second kappa shape index (κ2) is 8.49. The normalized spacial score (nSPS) is 10.5. The van der Waals surface area contributed by atoms with Gasteiger partial charge in [-0.1, -0.05) is 54.1 Å². The first-order valence-electron chi connectivity index (χ1n) is 8.30. The number of carbonyl (C=O) groups is 2. The summed E-state index contributed by atoms with van der Waals surface area (Å²) in [5, 5.41) is 15.2. The van der Waals surface area contributed by atoms with Crippen molar-refractivity contribution in [2.24, 2.45) is 0 Å². The SMILES string of the molecule is O=C(COC(=O)Cc1cccc2ccccc12)Nc1ccc(Cl)c([N+](=O)[O-])c1. The maximum atomic E-state index is 12.1. The van der Waals surface area contributed by atoms with Crippen LogP contribution in [0.1, 0.15) is 5.56 Å². The van der Waals surface area contributed by atoms with Gasteiger partial charge in [0.2, 0.25) is 0 Å². The number of nitro groups is 1. The third-order valence-corrected chi connectivity index (χ3v) is 4.33. The van der Waals surface area contributed by atoms with Gasteiger partial charge in [-0.25, -0.2) is 0 Å². The number of nitro benzene ring substituents is 1. The summed E-state index contributed by atoms with van der Waals surface area (Å²) in [5.74, 6) is -1.16. The quantitative estimate of drug-likeness (QED) is 0.382. The van der Waals surface area contributed by atoms with Gasteiger partial charge in [-0.05, 0) is 28.5 Å². The van der Waals surface area contributed by atoms with Gasteiger partial charge in [-0.3, -0.25) is 19.7 Å². The van der Waals surface area contributed by atoms with Crippen molar-refractivity contribution in [3.8, 4) is 0 Å². The smallest absolute Gasteiger partial charge is 0.310 e. The van der Waals surface area contributed by atoms with Crippen LogP contribution in [0.4, 0.5) is 11.4 Å². The van der Waals surface area contributed by atoms with E-state index in [4.69, 9.17) is 16.3 Å². The molecule has 0 aromatic heterocycles. The molecule has 0 spiro atoms. The standard InChI is InChI=1S/C20H15ClN2O5/c21-17-9-8-15(11-18(17)23(26)27)22-19(24)12-28-20(25)10-14-6-3-5-13-4-1-2-7-16(13)14/h1-9,11H,10,12H2,(H,22,24). The number of hydrogen-bond donors (Lipinski definition) is 1. The van der Waals surface area contributed by atoms with Crippen LogP contribution in [0, 0.1) is 10.1 Å². The van der Waals surface area contributed by atoms with E-state index in [0.29, 0.717) is 0 Å². The number of ether oxygens (including phenoxy) is 1. The number of anilines is 1. The average Bonchev–Trinajstić information content (AvgIpc) is 2.68. The Kier molecular flexibility index (Phi) is 5.86. The molecule has 7 nitrogen and oxygen atoms in total. The minimum atomic E-state index is -0.651. The molecule has 0 aliphatic carbocycles. The highest BCUT2D eigenvalue weighted by atomic mass is 35.5. The molecule has 0 atom stereocenters. The van der Waals surface area contributed by atoms with Crippen molar-refractivity contribution in [2.45, 2.75) is 6.42 Å². The summed E-state index contributed by atoms with van der Waals surface area (Å²) in [5.41, 5.74) is 0.662. The van der Waals surface area contributed by atoms with Gasteiger partial charge in [-0.15, -0.1) is 0 Å². The fourth-order valence-corrected chi connectivity index (χ4v) is 2.91. The minimum absolute atomic E-state index is 0.0288. The van der Waals surface area contributed by atoms with Gasteiger partial charge in [0.1, 0.15) is 5.02 Å². The van der Waals surface area contributed by atoms with E-state index in [0.717, 1.165) is 22.4 Å². The number of esters is 1. The van der Waals surface area contributed by atoms with Crippen molar-refractivity contribution in [3.63, 3.8) is 0 Å². The van der Waals surface area contributed by atoms with Crippen molar-refractivity contribution in [3.05, 3.63) is 81.4 Å². The Hall–Kier alpha value is -3.45. The lowest BCUT2D eigenvalue weighted by Crippen LogP contribution is -2.21. The maximum Gasteiger partial charge on any atom is 0.310 e. The molecule has 1 amide bonds. The fourth-order valence-electron chi connectivity index (χ4n) is 2.73. The van der Waals surface area contributed by atoms with Gasteiger partial charge in [-0.2, -0.15) is 0 Å². The van der Waals surface area contributed by atoms with E-state index in [2.05, 4.69) is 5.32 Å². The molecule has 0 heterocycles. The highest BCUT2D eigenvalue weighted by Crippen LogP contribution is 2.27. The van der Waals surface area contributed by atoms with Crippen molar-refractivity contribution < 1.29 is 19.2 Å². The van der Waals surface area contributed by atoms with E-state index in [1.807, 2.05) is 42.5 Å². The number of benzene rings is 3. The zero-order chi connectivity index (χ0) is 20.1. The lowest BCUT2D eigenvalue weighted by Gasteiger charge is -2.08. The Morgan fingerprint density at radius 2 is 1.82 bits per heavy atom. The Bertz CT molecular complexity index is 1060. The second-order valence-electron chi connectivity index (χ2n) is 5.95. The molecule has 3 rings (SSSR count). The van der Waals surface area contributed by atoms with Crippen molar-refractivity contribution in [1.82, 2.24) is 0 Å². The predicted molar refractivity (Wildman–Crippen MR) is 105 cm³/mol. The summed E-state index contributed by atoms with van der Waals surface area (Å²) in [6.45, 7) is -0.500. The first-order valence-corrected chi connectivity index (χ1v) is 8.68. The van der Waals surface area contributed by atoms with E-state index in [-0.39, 0.29) is 22.8 Å². The molecular formula is C20H15ClN2O5. The molecule has 28 heavy (non-hydrogen) atoms. The van der Waals surface area contributed by atoms with Gasteiger partial charge in [0.25, 0.3) is 11.6 Å². The van der Waals surface area contributed by atoms with E-state index in [1.165, 1.54) is 12.1 Å². The molecule has 0 unspecified atom stereocenters. The van der Waals surface area contributed by atoms with E-state index in [1.54, 1.807) is 0 Å². The van der Waals surface area contributed by atoms with Crippen LogP contribution in [0.2, 0.25) is 5.02 Å². The molecular weight excluding hydrogens is 384 g/mol. The van der Waals surface area contributed by atoms with Crippen molar-refractivity contribution in [1.29, 1.82) is 0 Å². The first-order chi connectivity index (χ1) is 13.4. The van der Waals surface area contributed by atoms with Crippen LogP contribution in [0.25, 0.3) is 10.8 Å². The van der Waals surface area contributed by atoms with Gasteiger partial charge in [0, 0.05) is 11.8 Å². The Morgan fingerprint density at radius 3 is 2.61 bits per heavy atom. The zero-order valence-corrected chi connectivity index (χ0v) is 15.3. The summed E-state index contributed by atoms with van der Waals surface area (Å²) in [6, 6.07) is 17.2. The number of nitrogens with zero attached hydrogens (tertiary/aromatic N) is 1. The van der Waals surface area contributed by atoms with Crippen LogP contribution in [-0.4, -0.2) is 23.4 Å². The number of amides is 1. The maximum absolute atomic E-state index is 12.1. The van der Waals surface area contributed by atoms with Crippen molar-refractivity contribution >= 4 is 45.6 Å². The summed E-state index contributed by atoms with van der Waals surface area (Å²) in [6.07, 6.45) is 0.0288. The molecule has 0 radical (unpaired) electrons. The summed E-state index contributed by atoms with van der Waals surface area (Å²) in [7, 11) is 0. The summed E-state index contributed by atoms with van der Waals surface area (Å²) >= 11 is 5.73. The Morgan fingerprint density at radius 1 is 1.07 bits per heavy atom. The van der Waals surface area contributed by atoms with Gasteiger partial charge < -0.3 is 10.1 Å². The minimum Gasteiger partial charge on any atom is -0.455 e. The average molecular weight is 399 g/mol. The highest BCUT2D eigenvalue weighted by Gasteiger charge is 2.15. The second-order valence-corrected chi connectivity index (χ2v) is 6.35. The molecule has 0 saturated heterocycles. The lowest BCUT2D eigenvalue weighted by atomic mass is 10.0. The number of hydrogen-bond acceptors (Lipinski definition) is 5. The van der Waals surface area contributed by atoms with Crippen LogP contribution in [0.5, 0.6) is 0 Å². The summed E-state index contributed by atoms with van der Waals surface area (Å²) in [4.78, 5) is 34.3. The Labute approximate surface area is 165 Å². The fraction of sp³-hybridized carbons (Fsp3) is 0.100. The Balaban J connectivity index is 1.58. The van der Waals surface area contributed by atoms with Gasteiger partial charge >= 0.3 is 5.97 Å². The number of nitrogens with one attached hydrogen (secondary N) is 1. The van der Waals surface area contributed by atoms with Crippen LogP contribution in [-0.2, 0) is 20.7 Å². The van der Waals surface area contributed by atoms with Gasteiger partial charge in [0.05, 0.1) is 11.3 Å². The molecule has 0 fully saturated rings. The molecule has 3 aromatic rings. The van der Waals surface area contributed by atoms with Crippen LogP contribution in [0.3, 0.4) is 0 Å². The monoisotopic (exact) mass is 398 g/mol. The lowest BCUT2D eigenvalue weighted by molar-refractivity contribution is -0.384.